The molecule has 118 valence electrons. The lowest BCUT2D eigenvalue weighted by Gasteiger charge is -2.45. The van der Waals surface area contributed by atoms with Crippen molar-refractivity contribution in [3.8, 4) is 0 Å². The quantitative estimate of drug-likeness (QED) is 0.881. The highest BCUT2D eigenvalue weighted by Gasteiger charge is 2.36. The third-order valence-corrected chi connectivity index (χ3v) is 5.04. The first kappa shape index (κ1) is 16.7. The number of rotatable bonds is 5. The molecule has 2 nitrogen and oxygen atoms in total. The van der Waals surface area contributed by atoms with Crippen molar-refractivity contribution in [2.45, 2.75) is 44.7 Å². The summed E-state index contributed by atoms with van der Waals surface area (Å²) in [5.74, 6) is 0.529. The molecule has 0 saturated heterocycles. The van der Waals surface area contributed by atoms with Gasteiger partial charge in [0.05, 0.1) is 0 Å². The summed E-state index contributed by atoms with van der Waals surface area (Å²) >= 11 is 5.79. The van der Waals surface area contributed by atoms with Crippen molar-refractivity contribution in [1.29, 1.82) is 0 Å². The summed E-state index contributed by atoms with van der Waals surface area (Å²) in [5.41, 5.74) is 0.873. The molecular formula is C17H26ClFN2. The van der Waals surface area contributed by atoms with E-state index in [1.54, 1.807) is 12.1 Å². The molecule has 0 radical (unpaired) electrons. The van der Waals surface area contributed by atoms with Gasteiger partial charge < -0.3 is 10.2 Å². The summed E-state index contributed by atoms with van der Waals surface area (Å²) in [5, 5.41) is 3.90. The Bertz CT molecular complexity index is 478. The van der Waals surface area contributed by atoms with Gasteiger partial charge in [0.2, 0.25) is 0 Å². The number of hydrogen-bond acceptors (Lipinski definition) is 2. The van der Waals surface area contributed by atoms with Crippen LogP contribution in [0.5, 0.6) is 0 Å². The van der Waals surface area contributed by atoms with Crippen LogP contribution in [0.15, 0.2) is 18.2 Å². The molecule has 0 aromatic heterocycles. The molecule has 2 unspecified atom stereocenters. The molecule has 1 aromatic carbocycles. The van der Waals surface area contributed by atoms with Crippen LogP contribution in [-0.2, 0) is 6.54 Å². The highest BCUT2D eigenvalue weighted by atomic mass is 35.5. The van der Waals surface area contributed by atoms with Crippen molar-refractivity contribution >= 4 is 11.6 Å². The lowest BCUT2D eigenvalue weighted by Crippen LogP contribution is -2.54. The zero-order chi connectivity index (χ0) is 15.5. The van der Waals surface area contributed by atoms with E-state index in [0.717, 1.165) is 12.5 Å². The minimum Gasteiger partial charge on any atom is -0.311 e. The number of likely N-dealkylation sites (N-methyl/N-ethyl adjacent to an activating group) is 1. The fraction of sp³-hybridized carbons (Fsp3) is 0.647. The molecule has 1 fully saturated rings. The Morgan fingerprint density at radius 1 is 1.43 bits per heavy atom. The van der Waals surface area contributed by atoms with Crippen molar-refractivity contribution < 1.29 is 4.39 Å². The van der Waals surface area contributed by atoms with E-state index >= 15 is 0 Å². The SMILES string of the molecule is CC1CCCC(CNCc2ccc(Cl)cc2F)(N(C)C)C1. The van der Waals surface area contributed by atoms with E-state index in [4.69, 9.17) is 11.6 Å². The summed E-state index contributed by atoms with van der Waals surface area (Å²) < 4.78 is 13.8. The van der Waals surface area contributed by atoms with E-state index in [-0.39, 0.29) is 11.4 Å². The molecule has 4 heteroatoms. The topological polar surface area (TPSA) is 15.3 Å². The molecule has 21 heavy (non-hydrogen) atoms. The van der Waals surface area contributed by atoms with Gasteiger partial charge in [-0.05, 0) is 45.0 Å². The smallest absolute Gasteiger partial charge is 0.129 e. The van der Waals surface area contributed by atoms with Crippen LogP contribution in [0.1, 0.15) is 38.2 Å². The number of halogens is 2. The van der Waals surface area contributed by atoms with Crippen LogP contribution in [0.2, 0.25) is 5.02 Å². The third-order valence-electron chi connectivity index (χ3n) is 4.80. The first-order chi connectivity index (χ1) is 9.93. The Kier molecular flexibility index (Phi) is 5.64. The van der Waals surface area contributed by atoms with Crippen LogP contribution in [-0.4, -0.2) is 31.1 Å². The minimum atomic E-state index is -0.231. The second-order valence-corrected chi connectivity index (χ2v) is 7.10. The molecule has 1 N–H and O–H groups in total. The maximum absolute atomic E-state index is 13.8. The van der Waals surface area contributed by atoms with Crippen molar-refractivity contribution in [2.75, 3.05) is 20.6 Å². The lowest BCUT2D eigenvalue weighted by atomic mass is 9.75. The van der Waals surface area contributed by atoms with Crippen LogP contribution in [0.25, 0.3) is 0 Å². The van der Waals surface area contributed by atoms with E-state index in [0.29, 0.717) is 17.1 Å². The van der Waals surface area contributed by atoms with E-state index < -0.39 is 0 Å². The monoisotopic (exact) mass is 312 g/mol. The van der Waals surface area contributed by atoms with Crippen molar-refractivity contribution in [3.05, 3.63) is 34.6 Å². The summed E-state index contributed by atoms with van der Waals surface area (Å²) in [6.07, 6.45) is 5.01. The lowest BCUT2D eigenvalue weighted by molar-refractivity contribution is 0.0749. The predicted molar refractivity (Wildman–Crippen MR) is 87.2 cm³/mol. The van der Waals surface area contributed by atoms with Gasteiger partial charge in [0.25, 0.3) is 0 Å². The summed E-state index contributed by atoms with van der Waals surface area (Å²) in [6.45, 7) is 3.77. The zero-order valence-corrected chi connectivity index (χ0v) is 14.0. The molecule has 0 spiro atoms. The maximum atomic E-state index is 13.8. The van der Waals surface area contributed by atoms with Crippen molar-refractivity contribution in [1.82, 2.24) is 10.2 Å². The minimum absolute atomic E-state index is 0.195. The molecule has 0 bridgehead atoms. The zero-order valence-electron chi connectivity index (χ0n) is 13.3. The van der Waals surface area contributed by atoms with E-state index in [1.807, 2.05) is 0 Å². The Morgan fingerprint density at radius 3 is 2.81 bits per heavy atom. The van der Waals surface area contributed by atoms with Gasteiger partial charge in [-0.25, -0.2) is 4.39 Å². The van der Waals surface area contributed by atoms with E-state index in [9.17, 15) is 4.39 Å². The highest BCUT2D eigenvalue weighted by Crippen LogP contribution is 2.35. The van der Waals surface area contributed by atoms with Gasteiger partial charge in [-0.15, -0.1) is 0 Å². The molecule has 0 aliphatic heterocycles. The molecule has 0 heterocycles. The number of nitrogens with zero attached hydrogens (tertiary/aromatic N) is 1. The van der Waals surface area contributed by atoms with Gasteiger partial charge in [-0.1, -0.05) is 37.4 Å². The normalized spacial score (nSPS) is 26.3. The standard InChI is InChI=1S/C17H26ClFN2/c1-13-5-4-8-17(10-13,21(2)3)12-20-11-14-6-7-15(18)9-16(14)19/h6-7,9,13,20H,4-5,8,10-12H2,1-3H3. The van der Waals surface area contributed by atoms with Crippen LogP contribution in [0.4, 0.5) is 4.39 Å². The number of hydrogen-bond donors (Lipinski definition) is 1. The Morgan fingerprint density at radius 2 is 2.19 bits per heavy atom. The summed E-state index contributed by atoms with van der Waals surface area (Å²) in [7, 11) is 4.31. The maximum Gasteiger partial charge on any atom is 0.129 e. The van der Waals surface area contributed by atoms with Gasteiger partial charge in [0.1, 0.15) is 5.82 Å². The van der Waals surface area contributed by atoms with E-state index in [2.05, 4.69) is 31.2 Å². The van der Waals surface area contributed by atoms with Crippen LogP contribution >= 0.6 is 11.6 Å². The second kappa shape index (κ2) is 7.08. The van der Waals surface area contributed by atoms with Gasteiger partial charge in [0, 0.05) is 29.2 Å². The van der Waals surface area contributed by atoms with Gasteiger partial charge in [0.15, 0.2) is 0 Å². The fourth-order valence-corrected chi connectivity index (χ4v) is 3.61. The first-order valence-corrected chi connectivity index (χ1v) is 8.13. The molecule has 0 amide bonds. The Hall–Kier alpha value is -0.640. The molecular weight excluding hydrogens is 287 g/mol. The van der Waals surface area contributed by atoms with Gasteiger partial charge in [-0.2, -0.15) is 0 Å². The largest absolute Gasteiger partial charge is 0.311 e. The van der Waals surface area contributed by atoms with E-state index in [1.165, 1.54) is 31.7 Å². The van der Waals surface area contributed by atoms with Crippen molar-refractivity contribution in [3.63, 3.8) is 0 Å². The first-order valence-electron chi connectivity index (χ1n) is 7.75. The average Bonchev–Trinajstić information content (AvgIpc) is 2.41. The van der Waals surface area contributed by atoms with Gasteiger partial charge in [-0.3, -0.25) is 0 Å². The molecule has 1 saturated carbocycles. The Labute approximate surface area is 132 Å². The third kappa shape index (κ3) is 4.18. The highest BCUT2D eigenvalue weighted by molar-refractivity contribution is 6.30. The summed E-state index contributed by atoms with van der Waals surface area (Å²) in [4.78, 5) is 2.34. The second-order valence-electron chi connectivity index (χ2n) is 6.66. The average molecular weight is 313 g/mol. The number of nitrogens with one attached hydrogen (secondary N) is 1. The molecule has 1 aliphatic rings. The van der Waals surface area contributed by atoms with Crippen LogP contribution in [0, 0.1) is 11.7 Å². The predicted octanol–water partition coefficient (Wildman–Crippen LogP) is 4.08. The Balaban J connectivity index is 1.96. The molecule has 1 aromatic rings. The number of benzene rings is 1. The van der Waals surface area contributed by atoms with Crippen LogP contribution < -0.4 is 5.32 Å². The van der Waals surface area contributed by atoms with Crippen molar-refractivity contribution in [2.24, 2.45) is 5.92 Å². The molecule has 2 rings (SSSR count). The fourth-order valence-electron chi connectivity index (χ4n) is 3.45. The van der Waals surface area contributed by atoms with Gasteiger partial charge >= 0.3 is 0 Å². The molecule has 2 atom stereocenters. The molecule has 1 aliphatic carbocycles. The summed E-state index contributed by atoms with van der Waals surface area (Å²) in [6, 6.07) is 4.88. The van der Waals surface area contributed by atoms with Crippen LogP contribution in [0.3, 0.4) is 0 Å².